The van der Waals surface area contributed by atoms with Crippen LogP contribution in [0.2, 0.25) is 0 Å². The maximum absolute atomic E-state index is 11.1. The Labute approximate surface area is 147 Å². The summed E-state index contributed by atoms with van der Waals surface area (Å²) >= 11 is 0. The average Bonchev–Trinajstić information content (AvgIpc) is 3.17. The van der Waals surface area contributed by atoms with E-state index in [-0.39, 0.29) is 22.8 Å². The molecule has 2 heterocycles. The van der Waals surface area contributed by atoms with Crippen molar-refractivity contribution in [1.29, 1.82) is 0 Å². The Kier molecular flexibility index (Phi) is 5.83. The quantitative estimate of drug-likeness (QED) is 0.384. The molecule has 0 aliphatic carbocycles. The summed E-state index contributed by atoms with van der Waals surface area (Å²) in [4.78, 5) is 17.2. The highest BCUT2D eigenvalue weighted by Gasteiger charge is 2.32. The highest BCUT2D eigenvalue weighted by atomic mass is 16.6. The Morgan fingerprint density at radius 3 is 2.88 bits per heavy atom. The van der Waals surface area contributed by atoms with Gasteiger partial charge in [0.15, 0.2) is 5.96 Å². The van der Waals surface area contributed by atoms with Crippen molar-refractivity contribution < 1.29 is 14.4 Å². The van der Waals surface area contributed by atoms with E-state index in [0.29, 0.717) is 25.3 Å². The van der Waals surface area contributed by atoms with Crippen molar-refractivity contribution >= 4 is 11.6 Å². The first-order valence-corrected chi connectivity index (χ1v) is 8.60. The van der Waals surface area contributed by atoms with E-state index in [1.165, 1.54) is 6.07 Å². The molecule has 2 saturated heterocycles. The zero-order chi connectivity index (χ0) is 17.6. The molecule has 136 valence electrons. The molecule has 8 heteroatoms. The van der Waals surface area contributed by atoms with E-state index in [4.69, 9.17) is 9.47 Å². The summed E-state index contributed by atoms with van der Waals surface area (Å²) in [6.07, 6.45) is 2.30. The summed E-state index contributed by atoms with van der Waals surface area (Å²) in [5.74, 6) is 0.726. The van der Waals surface area contributed by atoms with E-state index < -0.39 is 0 Å². The zero-order valence-electron chi connectivity index (χ0n) is 14.4. The van der Waals surface area contributed by atoms with E-state index in [1.54, 1.807) is 25.2 Å². The van der Waals surface area contributed by atoms with Gasteiger partial charge in [-0.05, 0) is 12.8 Å². The second-order valence-corrected chi connectivity index (χ2v) is 6.19. The molecule has 0 bridgehead atoms. The SMILES string of the molecule is CN=C(NCc1ccccc1[N+](=O)[O-])N1CCOC(C2CCCO2)C1. The molecule has 0 radical (unpaired) electrons. The minimum absolute atomic E-state index is 0.0425. The first-order valence-electron chi connectivity index (χ1n) is 8.60. The molecule has 2 unspecified atom stereocenters. The predicted molar refractivity (Wildman–Crippen MR) is 93.6 cm³/mol. The van der Waals surface area contributed by atoms with Gasteiger partial charge in [-0.3, -0.25) is 15.1 Å². The number of guanidine groups is 1. The summed E-state index contributed by atoms with van der Waals surface area (Å²) in [5.41, 5.74) is 0.752. The molecule has 2 aliphatic rings. The minimum Gasteiger partial charge on any atom is -0.375 e. The minimum atomic E-state index is -0.359. The fourth-order valence-electron chi connectivity index (χ4n) is 3.33. The maximum Gasteiger partial charge on any atom is 0.274 e. The van der Waals surface area contributed by atoms with E-state index >= 15 is 0 Å². The second-order valence-electron chi connectivity index (χ2n) is 6.19. The maximum atomic E-state index is 11.1. The molecule has 0 spiro atoms. The molecular weight excluding hydrogens is 324 g/mol. The van der Waals surface area contributed by atoms with Gasteiger partial charge in [-0.2, -0.15) is 0 Å². The summed E-state index contributed by atoms with van der Waals surface area (Å²) < 4.78 is 11.6. The van der Waals surface area contributed by atoms with Gasteiger partial charge >= 0.3 is 0 Å². The van der Waals surface area contributed by atoms with Gasteiger partial charge in [0.2, 0.25) is 0 Å². The molecule has 2 aliphatic heterocycles. The van der Waals surface area contributed by atoms with E-state index in [1.807, 2.05) is 0 Å². The number of aliphatic imine (C=N–C) groups is 1. The van der Waals surface area contributed by atoms with Gasteiger partial charge in [-0.1, -0.05) is 18.2 Å². The van der Waals surface area contributed by atoms with Crippen LogP contribution < -0.4 is 5.32 Å². The fourth-order valence-corrected chi connectivity index (χ4v) is 3.33. The Hall–Kier alpha value is -2.19. The lowest BCUT2D eigenvalue weighted by molar-refractivity contribution is -0.385. The molecule has 0 amide bonds. The lowest BCUT2D eigenvalue weighted by Gasteiger charge is -2.37. The Morgan fingerprint density at radius 2 is 2.16 bits per heavy atom. The first kappa shape index (κ1) is 17.6. The fraction of sp³-hybridized carbons (Fsp3) is 0.588. The number of para-hydroxylation sites is 1. The Balaban J connectivity index is 1.62. The van der Waals surface area contributed by atoms with Crippen LogP contribution in [0, 0.1) is 10.1 Å². The molecular formula is C17H24N4O4. The number of morpholine rings is 1. The van der Waals surface area contributed by atoms with Crippen LogP contribution in [0.3, 0.4) is 0 Å². The highest BCUT2D eigenvalue weighted by Crippen LogP contribution is 2.21. The molecule has 3 rings (SSSR count). The number of nitro benzene ring substituents is 1. The third-order valence-corrected chi connectivity index (χ3v) is 4.61. The molecule has 0 aromatic heterocycles. The number of nitrogens with zero attached hydrogens (tertiary/aromatic N) is 3. The van der Waals surface area contributed by atoms with Crippen LogP contribution in [0.1, 0.15) is 18.4 Å². The van der Waals surface area contributed by atoms with Crippen molar-refractivity contribution in [3.8, 4) is 0 Å². The van der Waals surface area contributed by atoms with E-state index in [2.05, 4.69) is 15.2 Å². The molecule has 1 aromatic rings. The molecule has 1 aromatic carbocycles. The molecule has 1 N–H and O–H groups in total. The molecule has 2 atom stereocenters. The number of rotatable bonds is 4. The third-order valence-electron chi connectivity index (χ3n) is 4.61. The van der Waals surface area contributed by atoms with Crippen LogP contribution in [-0.2, 0) is 16.0 Å². The van der Waals surface area contributed by atoms with Crippen molar-refractivity contribution in [1.82, 2.24) is 10.2 Å². The van der Waals surface area contributed by atoms with Crippen molar-refractivity contribution in [2.24, 2.45) is 4.99 Å². The van der Waals surface area contributed by atoms with Crippen LogP contribution in [0.4, 0.5) is 5.69 Å². The topological polar surface area (TPSA) is 89.2 Å². The van der Waals surface area contributed by atoms with Crippen molar-refractivity contribution in [2.45, 2.75) is 31.6 Å². The van der Waals surface area contributed by atoms with Gasteiger partial charge < -0.3 is 19.7 Å². The third kappa shape index (κ3) is 4.26. The Morgan fingerprint density at radius 1 is 1.36 bits per heavy atom. The van der Waals surface area contributed by atoms with Crippen LogP contribution in [0.25, 0.3) is 0 Å². The largest absolute Gasteiger partial charge is 0.375 e. The molecule has 0 saturated carbocycles. The highest BCUT2D eigenvalue weighted by molar-refractivity contribution is 5.80. The van der Waals surface area contributed by atoms with Crippen LogP contribution in [-0.4, -0.2) is 61.3 Å². The second kappa shape index (κ2) is 8.26. The summed E-state index contributed by atoms with van der Waals surface area (Å²) in [5, 5.41) is 14.4. The summed E-state index contributed by atoms with van der Waals surface area (Å²) in [6.45, 7) is 3.22. The standard InChI is InChI=1S/C17H24N4O4/c1-18-17(19-11-13-5-2-3-6-14(13)21(22)23)20-8-10-25-16(12-20)15-7-4-9-24-15/h2-3,5-6,15-16H,4,7-12H2,1H3,(H,18,19). The predicted octanol–water partition coefficient (Wildman–Crippen LogP) is 1.55. The van der Waals surface area contributed by atoms with Crippen LogP contribution in [0.15, 0.2) is 29.3 Å². The van der Waals surface area contributed by atoms with Gasteiger partial charge in [-0.25, -0.2) is 0 Å². The average molecular weight is 348 g/mol. The van der Waals surface area contributed by atoms with Gasteiger partial charge in [0.1, 0.15) is 6.10 Å². The van der Waals surface area contributed by atoms with Crippen LogP contribution >= 0.6 is 0 Å². The molecule has 25 heavy (non-hydrogen) atoms. The zero-order valence-corrected chi connectivity index (χ0v) is 14.4. The number of ether oxygens (including phenoxy) is 2. The lowest BCUT2D eigenvalue weighted by Crippen LogP contribution is -2.53. The van der Waals surface area contributed by atoms with Gasteiger partial charge in [0, 0.05) is 44.9 Å². The molecule has 2 fully saturated rings. The number of benzene rings is 1. The van der Waals surface area contributed by atoms with Crippen molar-refractivity contribution in [3.05, 3.63) is 39.9 Å². The van der Waals surface area contributed by atoms with E-state index in [9.17, 15) is 10.1 Å². The summed E-state index contributed by atoms with van der Waals surface area (Å²) in [6, 6.07) is 6.74. The van der Waals surface area contributed by atoms with Crippen molar-refractivity contribution in [3.63, 3.8) is 0 Å². The van der Waals surface area contributed by atoms with Crippen LogP contribution in [0.5, 0.6) is 0 Å². The number of hydrogen-bond acceptors (Lipinski definition) is 5. The number of nitrogens with one attached hydrogen (secondary N) is 1. The first-order chi connectivity index (χ1) is 12.2. The lowest BCUT2D eigenvalue weighted by atomic mass is 10.1. The number of hydrogen-bond donors (Lipinski definition) is 1. The van der Waals surface area contributed by atoms with Gasteiger partial charge in [0.25, 0.3) is 5.69 Å². The summed E-state index contributed by atoms with van der Waals surface area (Å²) in [7, 11) is 1.72. The monoisotopic (exact) mass is 348 g/mol. The van der Waals surface area contributed by atoms with Crippen molar-refractivity contribution in [2.75, 3.05) is 33.4 Å². The number of nitro groups is 1. The molecule has 8 nitrogen and oxygen atoms in total. The van der Waals surface area contributed by atoms with Gasteiger partial charge in [0.05, 0.1) is 17.6 Å². The normalized spacial score (nSPS) is 24.4. The smallest absolute Gasteiger partial charge is 0.274 e. The van der Waals surface area contributed by atoms with Gasteiger partial charge in [-0.15, -0.1) is 0 Å². The Bertz CT molecular complexity index is 631. The van der Waals surface area contributed by atoms with E-state index in [0.717, 1.165) is 32.0 Å².